The molecule has 1 aliphatic rings. The van der Waals surface area contributed by atoms with Crippen molar-refractivity contribution < 1.29 is 9.18 Å². The summed E-state index contributed by atoms with van der Waals surface area (Å²) < 4.78 is 14.8. The Morgan fingerprint density at radius 3 is 2.81 bits per heavy atom. The Balaban J connectivity index is 1.87. The van der Waals surface area contributed by atoms with Crippen molar-refractivity contribution >= 4 is 16.8 Å². The number of carbonyl (C=O) groups is 1. The number of rotatable bonds is 4. The van der Waals surface area contributed by atoms with E-state index in [4.69, 9.17) is 0 Å². The third kappa shape index (κ3) is 2.64. The number of nitriles is 1. The average Bonchev–Trinajstić information content (AvgIpc) is 3.43. The number of aryl methyl sites for hydroxylation is 2. The minimum atomic E-state index is -1.10. The predicted octanol–water partition coefficient (Wildman–Crippen LogP) is 3.18. The van der Waals surface area contributed by atoms with Gasteiger partial charge in [-0.3, -0.25) is 14.5 Å². The molecule has 0 aromatic carbocycles. The van der Waals surface area contributed by atoms with Gasteiger partial charge in [-0.15, -0.1) is 0 Å². The van der Waals surface area contributed by atoms with Gasteiger partial charge < -0.3 is 0 Å². The molecule has 0 radical (unpaired) electrons. The molecule has 0 amide bonds. The second-order valence-electron chi connectivity index (χ2n) is 6.60. The fourth-order valence-electron chi connectivity index (χ4n) is 3.22. The van der Waals surface area contributed by atoms with Gasteiger partial charge in [-0.05, 0) is 38.0 Å². The van der Waals surface area contributed by atoms with E-state index < -0.39 is 11.7 Å². The number of hydrogen-bond donors (Lipinski definition) is 0. The standard InChI is InChI=1S/C19H16FN5O/c1-10-17-13(7-16(11-3-4-11)23-19(17)25(2)24-10)18(26)14(8-21)15-6-5-12(20)9-22-15/h5-7,9,11,14H,3-4H2,1-2H3. The predicted molar refractivity (Wildman–Crippen MR) is 92.1 cm³/mol. The number of ketones is 1. The normalized spacial score (nSPS) is 15.0. The molecule has 1 fully saturated rings. The molecular weight excluding hydrogens is 333 g/mol. The number of hydrogen-bond acceptors (Lipinski definition) is 5. The minimum absolute atomic E-state index is 0.235. The smallest absolute Gasteiger partial charge is 0.186 e. The molecule has 3 aromatic rings. The number of halogens is 1. The third-order valence-corrected chi connectivity index (χ3v) is 4.69. The van der Waals surface area contributed by atoms with Crippen molar-refractivity contribution in [3.8, 4) is 6.07 Å². The summed E-state index contributed by atoms with van der Waals surface area (Å²) in [5, 5.41) is 14.6. The van der Waals surface area contributed by atoms with Gasteiger partial charge in [0.1, 0.15) is 5.82 Å². The van der Waals surface area contributed by atoms with E-state index in [2.05, 4.69) is 15.1 Å². The summed E-state index contributed by atoms with van der Waals surface area (Å²) in [6.07, 6.45) is 3.11. The molecule has 26 heavy (non-hydrogen) atoms. The maximum atomic E-state index is 13.2. The Labute approximate surface area is 149 Å². The maximum absolute atomic E-state index is 13.2. The number of Topliss-reactive ketones (excluding diaryl/α,β-unsaturated/α-hetero) is 1. The van der Waals surface area contributed by atoms with Crippen molar-refractivity contribution in [2.45, 2.75) is 31.6 Å². The second kappa shape index (κ2) is 5.99. The van der Waals surface area contributed by atoms with Gasteiger partial charge in [0.05, 0.1) is 29.0 Å². The lowest BCUT2D eigenvalue weighted by Crippen LogP contribution is -2.14. The molecule has 4 rings (SSSR count). The van der Waals surface area contributed by atoms with Crippen molar-refractivity contribution in [2.24, 2.45) is 7.05 Å². The molecule has 1 saturated carbocycles. The summed E-state index contributed by atoms with van der Waals surface area (Å²) in [5.41, 5.74) is 2.84. The highest BCUT2D eigenvalue weighted by atomic mass is 19.1. The maximum Gasteiger partial charge on any atom is 0.186 e. The number of pyridine rings is 2. The summed E-state index contributed by atoms with van der Waals surface area (Å²) in [7, 11) is 1.79. The first-order valence-electron chi connectivity index (χ1n) is 8.39. The van der Waals surface area contributed by atoms with Crippen LogP contribution in [-0.2, 0) is 7.05 Å². The van der Waals surface area contributed by atoms with Crippen LogP contribution in [0.25, 0.3) is 11.0 Å². The number of aromatic nitrogens is 4. The van der Waals surface area contributed by atoms with Gasteiger partial charge in [0.25, 0.3) is 0 Å². The Kier molecular flexibility index (Phi) is 3.76. The van der Waals surface area contributed by atoms with Crippen molar-refractivity contribution in [3.63, 3.8) is 0 Å². The van der Waals surface area contributed by atoms with Crippen LogP contribution in [0.1, 0.15) is 52.1 Å². The Bertz CT molecular complexity index is 1060. The molecule has 1 aliphatic carbocycles. The molecule has 7 heteroatoms. The van der Waals surface area contributed by atoms with Crippen LogP contribution in [0.4, 0.5) is 4.39 Å². The first-order chi connectivity index (χ1) is 12.5. The lowest BCUT2D eigenvalue weighted by molar-refractivity contribution is 0.0979. The molecule has 0 aliphatic heterocycles. The van der Waals surface area contributed by atoms with Crippen LogP contribution in [0.2, 0.25) is 0 Å². The van der Waals surface area contributed by atoms with Gasteiger partial charge in [-0.2, -0.15) is 10.4 Å². The van der Waals surface area contributed by atoms with Gasteiger partial charge in [0.15, 0.2) is 17.3 Å². The molecule has 130 valence electrons. The van der Waals surface area contributed by atoms with Gasteiger partial charge in [0.2, 0.25) is 0 Å². The van der Waals surface area contributed by atoms with Gasteiger partial charge in [-0.1, -0.05) is 0 Å². The second-order valence-corrected chi connectivity index (χ2v) is 6.60. The van der Waals surface area contributed by atoms with E-state index in [9.17, 15) is 14.4 Å². The fraction of sp³-hybridized carbons (Fsp3) is 0.316. The molecule has 0 bridgehead atoms. The van der Waals surface area contributed by atoms with Crippen molar-refractivity contribution in [1.29, 1.82) is 5.26 Å². The van der Waals surface area contributed by atoms with Gasteiger partial charge in [0, 0.05) is 24.2 Å². The van der Waals surface area contributed by atoms with E-state index in [1.54, 1.807) is 17.8 Å². The Morgan fingerprint density at radius 2 is 2.19 bits per heavy atom. The summed E-state index contributed by atoms with van der Waals surface area (Å²) in [6.45, 7) is 1.81. The monoisotopic (exact) mass is 349 g/mol. The van der Waals surface area contributed by atoms with Gasteiger partial charge >= 0.3 is 0 Å². The highest BCUT2D eigenvalue weighted by molar-refractivity contribution is 6.11. The zero-order valence-electron chi connectivity index (χ0n) is 14.4. The first kappa shape index (κ1) is 16.3. The molecule has 0 spiro atoms. The van der Waals surface area contributed by atoms with Crippen LogP contribution in [0.3, 0.4) is 0 Å². The molecule has 3 aromatic heterocycles. The summed E-state index contributed by atoms with van der Waals surface area (Å²) in [5.74, 6) is -1.63. The van der Waals surface area contributed by atoms with Crippen LogP contribution in [0, 0.1) is 24.1 Å². The van der Waals surface area contributed by atoms with E-state index in [1.165, 1.54) is 12.1 Å². The van der Waals surface area contributed by atoms with Crippen molar-refractivity contribution in [2.75, 3.05) is 0 Å². The highest BCUT2D eigenvalue weighted by Gasteiger charge is 2.31. The topological polar surface area (TPSA) is 84.5 Å². The van der Waals surface area contributed by atoms with Crippen LogP contribution < -0.4 is 0 Å². The Morgan fingerprint density at radius 1 is 1.42 bits per heavy atom. The van der Waals surface area contributed by atoms with E-state index >= 15 is 0 Å². The molecule has 1 atom stereocenters. The summed E-state index contributed by atoms with van der Waals surface area (Å²) in [6, 6.07) is 6.37. The van der Waals surface area contributed by atoms with E-state index in [1.807, 2.05) is 13.0 Å². The zero-order chi connectivity index (χ0) is 18.4. The van der Waals surface area contributed by atoms with Crippen LogP contribution in [0.5, 0.6) is 0 Å². The fourth-order valence-corrected chi connectivity index (χ4v) is 3.22. The van der Waals surface area contributed by atoms with Crippen molar-refractivity contribution in [3.05, 3.63) is 52.9 Å². The third-order valence-electron chi connectivity index (χ3n) is 4.69. The molecule has 6 nitrogen and oxygen atoms in total. The molecule has 1 unspecified atom stereocenters. The van der Waals surface area contributed by atoms with E-state index in [0.717, 1.165) is 24.7 Å². The lowest BCUT2D eigenvalue weighted by Gasteiger charge is -2.11. The van der Waals surface area contributed by atoms with Gasteiger partial charge in [-0.25, -0.2) is 9.37 Å². The van der Waals surface area contributed by atoms with Crippen LogP contribution in [-0.4, -0.2) is 25.5 Å². The summed E-state index contributed by atoms with van der Waals surface area (Å²) in [4.78, 5) is 21.8. The largest absolute Gasteiger partial charge is 0.292 e. The summed E-state index contributed by atoms with van der Waals surface area (Å²) >= 11 is 0. The molecular formula is C19H16FN5O. The number of fused-ring (bicyclic) bond motifs is 1. The molecule has 3 heterocycles. The quantitative estimate of drug-likeness (QED) is 0.676. The van der Waals surface area contributed by atoms with E-state index in [0.29, 0.717) is 28.2 Å². The highest BCUT2D eigenvalue weighted by Crippen LogP contribution is 2.41. The number of nitrogens with zero attached hydrogens (tertiary/aromatic N) is 5. The Hall–Kier alpha value is -3.14. The molecule has 0 N–H and O–H groups in total. The SMILES string of the molecule is Cc1nn(C)c2nc(C3CC3)cc(C(=O)C(C#N)c3ccc(F)cn3)c12. The van der Waals surface area contributed by atoms with Crippen LogP contribution in [0.15, 0.2) is 24.4 Å². The van der Waals surface area contributed by atoms with E-state index in [-0.39, 0.29) is 11.5 Å². The van der Waals surface area contributed by atoms with Crippen LogP contribution >= 0.6 is 0 Å². The molecule has 0 saturated heterocycles. The number of carbonyl (C=O) groups excluding carboxylic acids is 1. The van der Waals surface area contributed by atoms with Crippen molar-refractivity contribution in [1.82, 2.24) is 19.7 Å². The lowest BCUT2D eigenvalue weighted by atomic mass is 9.92. The zero-order valence-corrected chi connectivity index (χ0v) is 14.4. The average molecular weight is 349 g/mol. The minimum Gasteiger partial charge on any atom is -0.292 e. The first-order valence-corrected chi connectivity index (χ1v) is 8.39.